The van der Waals surface area contributed by atoms with E-state index in [1.807, 2.05) is 24.6 Å². The van der Waals surface area contributed by atoms with Gasteiger partial charge >= 0.3 is 0 Å². The molecular formula is C23H29N5O3S. The summed E-state index contributed by atoms with van der Waals surface area (Å²) in [6.45, 7) is 4.06. The molecule has 32 heavy (non-hydrogen) atoms. The summed E-state index contributed by atoms with van der Waals surface area (Å²) in [5.41, 5.74) is 1.69. The fraction of sp³-hybridized carbons (Fsp3) is 0.435. The van der Waals surface area contributed by atoms with E-state index in [1.54, 1.807) is 31.6 Å². The minimum Gasteiger partial charge on any atom is -0.321 e. The van der Waals surface area contributed by atoms with Gasteiger partial charge < -0.3 is 5.32 Å². The van der Waals surface area contributed by atoms with Gasteiger partial charge in [-0.25, -0.2) is 18.1 Å². The molecule has 2 heterocycles. The van der Waals surface area contributed by atoms with Crippen LogP contribution in [0.25, 0.3) is 11.0 Å². The van der Waals surface area contributed by atoms with Crippen LogP contribution in [-0.2, 0) is 10.0 Å². The third-order valence-corrected chi connectivity index (χ3v) is 7.99. The molecule has 170 valence electrons. The molecule has 1 fully saturated rings. The molecule has 0 unspecified atom stereocenters. The van der Waals surface area contributed by atoms with Gasteiger partial charge in [0.2, 0.25) is 10.0 Å². The molecule has 1 N–H and O–H groups in total. The van der Waals surface area contributed by atoms with Crippen molar-refractivity contribution in [3.05, 3.63) is 48.3 Å². The molecule has 4 rings (SSSR count). The molecule has 1 aliphatic rings. The maximum Gasteiger partial charge on any atom is 0.255 e. The molecule has 9 heteroatoms. The highest BCUT2D eigenvalue weighted by atomic mass is 32.2. The summed E-state index contributed by atoms with van der Waals surface area (Å²) >= 11 is 0. The molecule has 1 aliphatic carbocycles. The van der Waals surface area contributed by atoms with Gasteiger partial charge in [0.1, 0.15) is 0 Å². The quantitative estimate of drug-likeness (QED) is 0.600. The van der Waals surface area contributed by atoms with Crippen molar-refractivity contribution in [3.8, 4) is 0 Å². The maximum absolute atomic E-state index is 13.0. The number of hydrogen-bond acceptors (Lipinski definition) is 5. The van der Waals surface area contributed by atoms with Gasteiger partial charge in [-0.05, 0) is 57.0 Å². The summed E-state index contributed by atoms with van der Waals surface area (Å²) < 4.78 is 29.3. The van der Waals surface area contributed by atoms with Crippen molar-refractivity contribution in [2.24, 2.45) is 0 Å². The number of hydrogen-bond donors (Lipinski definition) is 1. The minimum absolute atomic E-state index is 0.0409. The highest BCUT2D eigenvalue weighted by molar-refractivity contribution is 7.89. The van der Waals surface area contributed by atoms with Gasteiger partial charge in [-0.15, -0.1) is 0 Å². The number of fused-ring (bicyclic) bond motifs is 1. The zero-order valence-corrected chi connectivity index (χ0v) is 19.5. The zero-order valence-electron chi connectivity index (χ0n) is 18.7. The van der Waals surface area contributed by atoms with E-state index in [1.165, 1.54) is 16.4 Å². The van der Waals surface area contributed by atoms with Crippen LogP contribution >= 0.6 is 0 Å². The largest absolute Gasteiger partial charge is 0.321 e. The van der Waals surface area contributed by atoms with Crippen LogP contribution in [0.2, 0.25) is 0 Å². The summed E-state index contributed by atoms with van der Waals surface area (Å²) in [4.78, 5) is 17.3. The van der Waals surface area contributed by atoms with Gasteiger partial charge in [-0.1, -0.05) is 19.3 Å². The number of nitrogens with zero attached hydrogens (tertiary/aromatic N) is 4. The van der Waals surface area contributed by atoms with Gasteiger partial charge in [-0.2, -0.15) is 9.40 Å². The van der Waals surface area contributed by atoms with Gasteiger partial charge in [-0.3, -0.25) is 4.79 Å². The molecule has 2 aromatic heterocycles. The van der Waals surface area contributed by atoms with Gasteiger partial charge in [0.15, 0.2) is 5.65 Å². The number of sulfonamides is 1. The first kappa shape index (κ1) is 22.4. The lowest BCUT2D eigenvalue weighted by Gasteiger charge is -2.30. The van der Waals surface area contributed by atoms with Gasteiger partial charge in [0.05, 0.1) is 23.0 Å². The second-order valence-electron chi connectivity index (χ2n) is 8.61. The van der Waals surface area contributed by atoms with Gasteiger partial charge in [0, 0.05) is 30.1 Å². The highest BCUT2D eigenvalue weighted by Gasteiger charge is 2.29. The molecule has 0 atom stereocenters. The lowest BCUT2D eigenvalue weighted by molar-refractivity contribution is 0.102. The molecule has 0 aliphatic heterocycles. The van der Waals surface area contributed by atoms with Crippen LogP contribution in [0.4, 0.5) is 5.69 Å². The van der Waals surface area contributed by atoms with Crippen LogP contribution in [0.5, 0.6) is 0 Å². The van der Waals surface area contributed by atoms with Crippen molar-refractivity contribution in [2.45, 2.75) is 62.9 Å². The Labute approximate surface area is 188 Å². The summed E-state index contributed by atoms with van der Waals surface area (Å²) in [7, 11) is -1.94. The molecule has 0 saturated heterocycles. The second-order valence-corrected chi connectivity index (χ2v) is 10.6. The molecule has 1 aromatic carbocycles. The Kier molecular flexibility index (Phi) is 6.30. The first-order chi connectivity index (χ1) is 15.3. The van der Waals surface area contributed by atoms with E-state index in [2.05, 4.69) is 15.4 Å². The molecule has 0 spiro atoms. The predicted octanol–water partition coefficient (Wildman–Crippen LogP) is 4.22. The standard InChI is InChI=1S/C23H29N5O3S/c1-16(2)28-22-18(14-25-28)13-19(15-24-22)26-23(29)17-9-11-21(12-10-17)32(30,31)27(3)20-7-5-4-6-8-20/h9-16,20H,4-8H2,1-3H3,(H,26,29). The Hall–Kier alpha value is -2.78. The normalized spacial score (nSPS) is 15.5. The smallest absolute Gasteiger partial charge is 0.255 e. The SMILES string of the molecule is CC(C)n1ncc2cc(NC(=O)c3ccc(S(=O)(=O)N(C)C4CCCCC4)cc3)cnc21. The highest BCUT2D eigenvalue weighted by Crippen LogP contribution is 2.27. The average Bonchev–Trinajstić information content (AvgIpc) is 3.23. The fourth-order valence-electron chi connectivity index (χ4n) is 4.18. The molecule has 1 saturated carbocycles. The summed E-state index contributed by atoms with van der Waals surface area (Å²) in [6.07, 6.45) is 8.39. The van der Waals surface area contributed by atoms with Crippen LogP contribution in [0, 0.1) is 0 Å². The van der Waals surface area contributed by atoms with E-state index < -0.39 is 10.0 Å². The molecule has 1 amide bonds. The Bertz CT molecular complexity index is 1210. The van der Waals surface area contributed by atoms with Crippen LogP contribution in [0.1, 0.15) is 62.4 Å². The van der Waals surface area contributed by atoms with Crippen molar-refractivity contribution < 1.29 is 13.2 Å². The number of aromatic nitrogens is 3. The van der Waals surface area contributed by atoms with E-state index in [0.717, 1.165) is 43.1 Å². The molecule has 0 bridgehead atoms. The van der Waals surface area contributed by atoms with Crippen LogP contribution in [-0.4, -0.2) is 46.5 Å². The zero-order chi connectivity index (χ0) is 22.9. The van der Waals surface area contributed by atoms with Gasteiger partial charge in [0.25, 0.3) is 5.91 Å². The number of anilines is 1. The summed E-state index contributed by atoms with van der Waals surface area (Å²) in [5.74, 6) is -0.327. The minimum atomic E-state index is -3.59. The number of amides is 1. The second kappa shape index (κ2) is 8.99. The van der Waals surface area contributed by atoms with Crippen molar-refractivity contribution >= 4 is 32.7 Å². The van der Waals surface area contributed by atoms with E-state index in [0.29, 0.717) is 11.3 Å². The van der Waals surface area contributed by atoms with E-state index in [-0.39, 0.29) is 22.9 Å². The topological polar surface area (TPSA) is 97.2 Å². The van der Waals surface area contributed by atoms with Crippen molar-refractivity contribution in [1.82, 2.24) is 19.1 Å². The summed E-state index contributed by atoms with van der Waals surface area (Å²) in [5, 5.41) is 7.99. The number of carbonyl (C=O) groups excluding carboxylic acids is 1. The van der Waals surface area contributed by atoms with Crippen molar-refractivity contribution in [1.29, 1.82) is 0 Å². The Balaban J connectivity index is 1.47. The molecular weight excluding hydrogens is 426 g/mol. The molecule has 8 nitrogen and oxygen atoms in total. The maximum atomic E-state index is 13.0. The van der Waals surface area contributed by atoms with Crippen molar-refractivity contribution in [2.75, 3.05) is 12.4 Å². The average molecular weight is 456 g/mol. The van der Waals surface area contributed by atoms with E-state index in [4.69, 9.17) is 0 Å². The Morgan fingerprint density at radius 1 is 1.12 bits per heavy atom. The molecule has 3 aromatic rings. The first-order valence-electron chi connectivity index (χ1n) is 11.0. The lowest BCUT2D eigenvalue weighted by atomic mass is 9.96. The van der Waals surface area contributed by atoms with Crippen LogP contribution in [0.3, 0.4) is 0 Å². The first-order valence-corrected chi connectivity index (χ1v) is 12.4. The number of rotatable bonds is 6. The summed E-state index contributed by atoms with van der Waals surface area (Å²) in [6, 6.07) is 8.13. The van der Waals surface area contributed by atoms with Crippen LogP contribution in [0.15, 0.2) is 47.6 Å². The van der Waals surface area contributed by atoms with Crippen molar-refractivity contribution in [3.63, 3.8) is 0 Å². The predicted molar refractivity (Wildman–Crippen MR) is 124 cm³/mol. The number of nitrogens with one attached hydrogen (secondary N) is 1. The Morgan fingerprint density at radius 2 is 1.81 bits per heavy atom. The number of carbonyl (C=O) groups is 1. The fourth-order valence-corrected chi connectivity index (χ4v) is 5.59. The number of pyridine rings is 1. The van der Waals surface area contributed by atoms with E-state index >= 15 is 0 Å². The lowest BCUT2D eigenvalue weighted by Crippen LogP contribution is -2.38. The van der Waals surface area contributed by atoms with Crippen LogP contribution < -0.4 is 5.32 Å². The third kappa shape index (κ3) is 4.40. The monoisotopic (exact) mass is 455 g/mol. The molecule has 0 radical (unpaired) electrons. The van der Waals surface area contributed by atoms with E-state index in [9.17, 15) is 13.2 Å². The number of benzene rings is 1. The Morgan fingerprint density at radius 3 is 2.47 bits per heavy atom. The third-order valence-electron chi connectivity index (χ3n) is 6.06.